The number of carbonyl (C=O) groups excluding carboxylic acids is 1. The Morgan fingerprint density at radius 1 is 1.17 bits per heavy atom. The van der Waals surface area contributed by atoms with E-state index in [1.54, 1.807) is 24.3 Å². The molecule has 1 unspecified atom stereocenters. The molecule has 0 N–H and O–H groups in total. The largest absolute Gasteiger partial charge is 0.302 e. The van der Waals surface area contributed by atoms with Gasteiger partial charge in [0.2, 0.25) is 0 Å². The molecule has 88 valence electrons. The number of amidine groups is 1. The Morgan fingerprint density at radius 3 is 2.67 bits per heavy atom. The zero-order chi connectivity index (χ0) is 12.5. The number of rotatable bonds is 2. The minimum absolute atomic E-state index is 0.297. The third kappa shape index (κ3) is 1.72. The topological polar surface area (TPSA) is 41.8 Å². The number of benzene rings is 1. The summed E-state index contributed by atoms with van der Waals surface area (Å²) in [6.45, 7) is 0. The first-order chi connectivity index (χ1) is 8.78. The van der Waals surface area contributed by atoms with Crippen molar-refractivity contribution in [3.8, 4) is 0 Å². The number of aliphatic imine (C=N–C) groups is 2. The second-order valence-electron chi connectivity index (χ2n) is 4.04. The third-order valence-corrected chi connectivity index (χ3v) is 2.85. The van der Waals surface area contributed by atoms with Crippen LogP contribution in [-0.2, 0) is 4.79 Å². The molecule has 4 heteroatoms. The van der Waals surface area contributed by atoms with Crippen molar-refractivity contribution in [2.24, 2.45) is 15.9 Å². The molecule has 0 bridgehead atoms. The quantitative estimate of drug-likeness (QED) is 0.731. The van der Waals surface area contributed by atoms with Gasteiger partial charge in [-0.15, -0.1) is 0 Å². The number of fused-ring (bicyclic) bond motifs is 1. The molecule has 0 aromatic heterocycles. The highest BCUT2D eigenvalue weighted by molar-refractivity contribution is 6.22. The van der Waals surface area contributed by atoms with Crippen molar-refractivity contribution < 1.29 is 9.18 Å². The summed E-state index contributed by atoms with van der Waals surface area (Å²) in [6, 6.07) is 5.98. The van der Waals surface area contributed by atoms with Crippen molar-refractivity contribution in [3.05, 3.63) is 59.6 Å². The third-order valence-electron chi connectivity index (χ3n) is 2.85. The Kier molecular flexibility index (Phi) is 2.48. The Bertz CT molecular complexity index is 624. The molecular formula is C14H9FN2O. The van der Waals surface area contributed by atoms with E-state index in [1.165, 1.54) is 12.1 Å². The van der Waals surface area contributed by atoms with E-state index in [0.717, 1.165) is 11.8 Å². The van der Waals surface area contributed by atoms with Gasteiger partial charge in [-0.3, -0.25) is 0 Å². The number of aldehydes is 1. The number of hydrogen-bond acceptors (Lipinski definition) is 3. The number of hydrogen-bond donors (Lipinski definition) is 0. The lowest BCUT2D eigenvalue weighted by Gasteiger charge is -2.08. The highest BCUT2D eigenvalue weighted by Gasteiger charge is 2.25. The Morgan fingerprint density at radius 2 is 1.94 bits per heavy atom. The summed E-state index contributed by atoms with van der Waals surface area (Å²) in [5.74, 6) is -0.118. The van der Waals surface area contributed by atoms with Gasteiger partial charge < -0.3 is 4.79 Å². The zero-order valence-electron chi connectivity index (χ0n) is 9.38. The van der Waals surface area contributed by atoms with Gasteiger partial charge in [0, 0.05) is 5.56 Å². The van der Waals surface area contributed by atoms with E-state index in [4.69, 9.17) is 0 Å². The summed E-state index contributed by atoms with van der Waals surface area (Å²) < 4.78 is 12.8. The molecule has 0 saturated carbocycles. The van der Waals surface area contributed by atoms with E-state index >= 15 is 0 Å². The van der Waals surface area contributed by atoms with Crippen LogP contribution in [0.2, 0.25) is 0 Å². The Labute approximate surface area is 103 Å². The summed E-state index contributed by atoms with van der Waals surface area (Å²) in [4.78, 5) is 19.6. The first-order valence-electron chi connectivity index (χ1n) is 5.55. The van der Waals surface area contributed by atoms with Crippen molar-refractivity contribution >= 4 is 17.8 Å². The van der Waals surface area contributed by atoms with Crippen molar-refractivity contribution in [1.82, 2.24) is 0 Å². The van der Waals surface area contributed by atoms with Crippen LogP contribution in [0.25, 0.3) is 0 Å². The number of halogens is 1. The molecule has 0 saturated heterocycles. The minimum atomic E-state index is -0.341. The van der Waals surface area contributed by atoms with Crippen LogP contribution in [0.4, 0.5) is 4.39 Å². The average Bonchev–Trinajstić information content (AvgIpc) is 2.83. The lowest BCUT2D eigenvalue weighted by molar-refractivity contribution is -0.108. The molecule has 0 spiro atoms. The van der Waals surface area contributed by atoms with Crippen LogP contribution in [0.15, 0.2) is 58.2 Å². The van der Waals surface area contributed by atoms with E-state index < -0.39 is 0 Å². The van der Waals surface area contributed by atoms with Crippen LogP contribution in [0.1, 0.15) is 5.56 Å². The van der Waals surface area contributed by atoms with E-state index in [9.17, 15) is 9.18 Å². The van der Waals surface area contributed by atoms with Crippen molar-refractivity contribution in [3.63, 3.8) is 0 Å². The molecule has 0 fully saturated rings. The first kappa shape index (κ1) is 10.8. The Balaban J connectivity index is 2.00. The molecule has 0 radical (unpaired) electrons. The molecule has 1 heterocycles. The van der Waals surface area contributed by atoms with Crippen molar-refractivity contribution in [2.45, 2.75) is 0 Å². The fourth-order valence-electron chi connectivity index (χ4n) is 1.93. The SMILES string of the molecule is O=CC1C=CC=C2N=C(c3ccc(F)cc3)N=C21. The van der Waals surface area contributed by atoms with Gasteiger partial charge in [0.05, 0.1) is 17.3 Å². The van der Waals surface area contributed by atoms with Gasteiger partial charge in [-0.25, -0.2) is 14.4 Å². The van der Waals surface area contributed by atoms with Gasteiger partial charge in [0.15, 0.2) is 5.84 Å². The van der Waals surface area contributed by atoms with Crippen LogP contribution in [0.5, 0.6) is 0 Å². The van der Waals surface area contributed by atoms with E-state index in [-0.39, 0.29) is 11.7 Å². The molecule has 3 rings (SSSR count). The minimum Gasteiger partial charge on any atom is -0.302 e. The van der Waals surface area contributed by atoms with Gasteiger partial charge in [0.25, 0.3) is 0 Å². The van der Waals surface area contributed by atoms with Crippen molar-refractivity contribution in [2.75, 3.05) is 0 Å². The number of allylic oxidation sites excluding steroid dienone is 4. The lowest BCUT2D eigenvalue weighted by atomic mass is 9.98. The fourth-order valence-corrected chi connectivity index (χ4v) is 1.93. The molecule has 1 aromatic carbocycles. The highest BCUT2D eigenvalue weighted by Crippen LogP contribution is 2.23. The van der Waals surface area contributed by atoms with Gasteiger partial charge in [0.1, 0.15) is 12.1 Å². The van der Waals surface area contributed by atoms with E-state index in [2.05, 4.69) is 9.98 Å². The predicted octanol–water partition coefficient (Wildman–Crippen LogP) is 2.30. The van der Waals surface area contributed by atoms with Crippen LogP contribution < -0.4 is 0 Å². The number of carbonyl (C=O) groups is 1. The van der Waals surface area contributed by atoms with Crippen LogP contribution in [-0.4, -0.2) is 17.8 Å². The van der Waals surface area contributed by atoms with Crippen LogP contribution in [0.3, 0.4) is 0 Å². The Hall–Kier alpha value is -2.36. The summed E-state index contributed by atoms with van der Waals surface area (Å²) >= 11 is 0. The fraction of sp³-hybridized carbons (Fsp3) is 0.0714. The molecule has 0 amide bonds. The van der Waals surface area contributed by atoms with Gasteiger partial charge in [-0.2, -0.15) is 0 Å². The maximum absolute atomic E-state index is 12.8. The molecule has 2 aliphatic rings. The second kappa shape index (κ2) is 4.14. The molecule has 1 atom stereocenters. The maximum atomic E-state index is 12.8. The smallest absolute Gasteiger partial charge is 0.160 e. The van der Waals surface area contributed by atoms with Crippen molar-refractivity contribution in [1.29, 1.82) is 0 Å². The molecular weight excluding hydrogens is 231 g/mol. The van der Waals surface area contributed by atoms with Gasteiger partial charge in [-0.05, 0) is 30.3 Å². The lowest BCUT2D eigenvalue weighted by Crippen LogP contribution is -2.15. The van der Waals surface area contributed by atoms with Gasteiger partial charge >= 0.3 is 0 Å². The predicted molar refractivity (Wildman–Crippen MR) is 67.1 cm³/mol. The van der Waals surface area contributed by atoms with Crippen LogP contribution in [0, 0.1) is 11.7 Å². The first-order valence-corrected chi connectivity index (χ1v) is 5.55. The maximum Gasteiger partial charge on any atom is 0.160 e. The molecule has 18 heavy (non-hydrogen) atoms. The second-order valence-corrected chi connectivity index (χ2v) is 4.04. The zero-order valence-corrected chi connectivity index (χ0v) is 9.38. The highest BCUT2D eigenvalue weighted by atomic mass is 19.1. The number of nitrogens with zero attached hydrogens (tertiary/aromatic N) is 2. The van der Waals surface area contributed by atoms with E-state index in [1.807, 2.05) is 6.08 Å². The van der Waals surface area contributed by atoms with Gasteiger partial charge in [-0.1, -0.05) is 12.2 Å². The normalized spacial score (nSPS) is 20.9. The summed E-state index contributed by atoms with van der Waals surface area (Å²) in [7, 11) is 0. The summed E-state index contributed by atoms with van der Waals surface area (Å²) in [5, 5.41) is 0. The summed E-state index contributed by atoms with van der Waals surface area (Å²) in [5.41, 5.74) is 2.10. The van der Waals surface area contributed by atoms with E-state index in [0.29, 0.717) is 17.2 Å². The van der Waals surface area contributed by atoms with Crippen LogP contribution >= 0.6 is 0 Å². The monoisotopic (exact) mass is 240 g/mol. The molecule has 1 aliphatic heterocycles. The standard InChI is InChI=1S/C14H9FN2O/c15-11-6-4-9(5-7-11)14-16-12-3-1-2-10(8-18)13(12)17-14/h1-8,10H. The summed E-state index contributed by atoms with van der Waals surface area (Å²) in [6.07, 6.45) is 6.23. The average molecular weight is 240 g/mol. The molecule has 3 nitrogen and oxygen atoms in total. The molecule has 1 aromatic rings. The molecule has 1 aliphatic carbocycles.